The normalized spacial score (nSPS) is 28.0. The highest BCUT2D eigenvalue weighted by atomic mass is 35.5. The summed E-state index contributed by atoms with van der Waals surface area (Å²) >= 11 is 6.12. The quantitative estimate of drug-likeness (QED) is 0.640. The zero-order valence-electron chi connectivity index (χ0n) is 7.52. The van der Waals surface area contributed by atoms with E-state index in [1.165, 1.54) is 0 Å². The lowest BCUT2D eigenvalue weighted by atomic mass is 10.2. The van der Waals surface area contributed by atoms with Crippen LogP contribution in [-0.4, -0.2) is 28.4 Å². The van der Waals surface area contributed by atoms with Gasteiger partial charge in [0.05, 0.1) is 5.38 Å². The van der Waals surface area contributed by atoms with Gasteiger partial charge in [-0.15, -0.1) is 11.6 Å². The second kappa shape index (κ2) is 3.50. The van der Waals surface area contributed by atoms with Crippen LogP contribution in [0.5, 0.6) is 0 Å². The van der Waals surface area contributed by atoms with Gasteiger partial charge in [-0.25, -0.2) is 9.97 Å². The second-order valence-corrected chi connectivity index (χ2v) is 4.03. The van der Waals surface area contributed by atoms with Crippen LogP contribution in [0.2, 0.25) is 0 Å². The van der Waals surface area contributed by atoms with Gasteiger partial charge in [-0.2, -0.15) is 0 Å². The van der Waals surface area contributed by atoms with Crippen molar-refractivity contribution in [2.24, 2.45) is 5.92 Å². The molecule has 70 valence electrons. The summed E-state index contributed by atoms with van der Waals surface area (Å²) in [5, 5.41) is 0.245. The maximum absolute atomic E-state index is 6.12. The number of halogens is 1. The molecule has 13 heavy (non-hydrogen) atoms. The fourth-order valence-corrected chi connectivity index (χ4v) is 1.83. The number of alkyl halides is 1. The van der Waals surface area contributed by atoms with E-state index in [1.807, 2.05) is 6.07 Å². The summed E-state index contributed by atoms with van der Waals surface area (Å²) < 4.78 is 0. The smallest absolute Gasteiger partial charge is 0.131 e. The number of hydrogen-bond donors (Lipinski definition) is 0. The highest BCUT2D eigenvalue weighted by molar-refractivity contribution is 6.21. The lowest BCUT2D eigenvalue weighted by Gasteiger charge is -2.15. The molecular weight excluding hydrogens is 186 g/mol. The third kappa shape index (κ3) is 1.75. The third-order valence-electron chi connectivity index (χ3n) is 2.41. The van der Waals surface area contributed by atoms with Crippen molar-refractivity contribution in [2.45, 2.75) is 12.3 Å². The van der Waals surface area contributed by atoms with Gasteiger partial charge in [0.15, 0.2) is 0 Å². The number of nitrogens with zero attached hydrogens (tertiary/aromatic N) is 3. The first kappa shape index (κ1) is 8.75. The van der Waals surface area contributed by atoms with Gasteiger partial charge < -0.3 is 4.90 Å². The Morgan fingerprint density at radius 1 is 1.54 bits per heavy atom. The molecule has 0 N–H and O–H groups in total. The molecule has 1 saturated heterocycles. The molecule has 2 rings (SSSR count). The highest BCUT2D eigenvalue weighted by Gasteiger charge is 2.28. The van der Waals surface area contributed by atoms with Crippen molar-refractivity contribution < 1.29 is 0 Å². The molecule has 1 fully saturated rings. The lowest BCUT2D eigenvalue weighted by Crippen LogP contribution is -2.20. The van der Waals surface area contributed by atoms with Crippen molar-refractivity contribution in [3.63, 3.8) is 0 Å². The SMILES string of the molecule is CC1CN(c2ccncn2)CC1Cl. The molecule has 0 radical (unpaired) electrons. The van der Waals surface area contributed by atoms with Gasteiger partial charge in [-0.05, 0) is 12.0 Å². The molecule has 0 aromatic carbocycles. The topological polar surface area (TPSA) is 29.0 Å². The molecule has 0 saturated carbocycles. The zero-order chi connectivity index (χ0) is 9.26. The van der Waals surface area contributed by atoms with Crippen LogP contribution in [0, 0.1) is 5.92 Å². The van der Waals surface area contributed by atoms with E-state index in [0.717, 1.165) is 18.9 Å². The molecule has 0 aliphatic carbocycles. The minimum atomic E-state index is 0.245. The Kier molecular flexibility index (Phi) is 2.36. The average molecular weight is 198 g/mol. The van der Waals surface area contributed by atoms with Crippen LogP contribution in [0.3, 0.4) is 0 Å². The Morgan fingerprint density at radius 2 is 2.38 bits per heavy atom. The van der Waals surface area contributed by atoms with Gasteiger partial charge in [0.25, 0.3) is 0 Å². The number of hydrogen-bond acceptors (Lipinski definition) is 3. The molecule has 0 bridgehead atoms. The Hall–Kier alpha value is -0.830. The van der Waals surface area contributed by atoms with E-state index in [0.29, 0.717) is 5.92 Å². The molecule has 2 heterocycles. The van der Waals surface area contributed by atoms with Crippen LogP contribution < -0.4 is 4.90 Å². The predicted octanol–water partition coefficient (Wildman–Crippen LogP) is 1.54. The van der Waals surface area contributed by atoms with Crippen molar-refractivity contribution in [1.82, 2.24) is 9.97 Å². The minimum Gasteiger partial charge on any atom is -0.355 e. The van der Waals surface area contributed by atoms with E-state index >= 15 is 0 Å². The van der Waals surface area contributed by atoms with E-state index in [1.54, 1.807) is 12.5 Å². The molecule has 1 aliphatic rings. The highest BCUT2D eigenvalue weighted by Crippen LogP contribution is 2.24. The van der Waals surface area contributed by atoms with Crippen LogP contribution in [0.1, 0.15) is 6.92 Å². The summed E-state index contributed by atoms with van der Waals surface area (Å²) in [6.45, 7) is 4.05. The summed E-state index contributed by atoms with van der Waals surface area (Å²) in [5.41, 5.74) is 0. The Labute approximate surface area is 82.8 Å². The summed E-state index contributed by atoms with van der Waals surface area (Å²) in [5.74, 6) is 1.52. The summed E-state index contributed by atoms with van der Waals surface area (Å²) in [4.78, 5) is 10.3. The van der Waals surface area contributed by atoms with Crippen LogP contribution in [0.25, 0.3) is 0 Å². The summed E-state index contributed by atoms with van der Waals surface area (Å²) in [6, 6.07) is 1.92. The fourth-order valence-electron chi connectivity index (χ4n) is 1.58. The standard InChI is InChI=1S/C9H12ClN3/c1-7-4-13(5-8(7)10)9-2-3-11-6-12-9/h2-3,6-8H,4-5H2,1H3. The van der Waals surface area contributed by atoms with Crippen LogP contribution >= 0.6 is 11.6 Å². The first-order valence-corrected chi connectivity index (χ1v) is 4.86. The van der Waals surface area contributed by atoms with Crippen molar-refractivity contribution in [1.29, 1.82) is 0 Å². The Bertz CT molecular complexity index is 267. The fraction of sp³-hybridized carbons (Fsp3) is 0.556. The molecule has 1 aromatic rings. The third-order valence-corrected chi connectivity index (χ3v) is 2.98. The van der Waals surface area contributed by atoms with Crippen LogP contribution in [0.4, 0.5) is 5.82 Å². The maximum atomic E-state index is 6.12. The molecule has 4 heteroatoms. The molecule has 0 spiro atoms. The number of aromatic nitrogens is 2. The molecule has 0 amide bonds. The van der Waals surface area contributed by atoms with Crippen molar-refractivity contribution in [3.05, 3.63) is 18.6 Å². The first-order chi connectivity index (χ1) is 6.27. The zero-order valence-corrected chi connectivity index (χ0v) is 8.28. The molecule has 1 aromatic heterocycles. The molecule has 1 aliphatic heterocycles. The monoisotopic (exact) mass is 197 g/mol. The van der Waals surface area contributed by atoms with Crippen molar-refractivity contribution in [3.8, 4) is 0 Å². The maximum Gasteiger partial charge on any atom is 0.131 e. The van der Waals surface area contributed by atoms with Crippen LogP contribution in [-0.2, 0) is 0 Å². The van der Waals surface area contributed by atoms with Crippen molar-refractivity contribution in [2.75, 3.05) is 18.0 Å². The number of anilines is 1. The van der Waals surface area contributed by atoms with E-state index in [-0.39, 0.29) is 5.38 Å². The van der Waals surface area contributed by atoms with E-state index in [9.17, 15) is 0 Å². The van der Waals surface area contributed by atoms with Gasteiger partial charge >= 0.3 is 0 Å². The molecular formula is C9H12ClN3. The van der Waals surface area contributed by atoms with Gasteiger partial charge in [-0.1, -0.05) is 6.92 Å². The van der Waals surface area contributed by atoms with Gasteiger partial charge in [0, 0.05) is 19.3 Å². The van der Waals surface area contributed by atoms with Gasteiger partial charge in [0.2, 0.25) is 0 Å². The summed E-state index contributed by atoms with van der Waals surface area (Å²) in [7, 11) is 0. The van der Waals surface area contributed by atoms with Gasteiger partial charge in [-0.3, -0.25) is 0 Å². The van der Waals surface area contributed by atoms with Gasteiger partial charge in [0.1, 0.15) is 12.1 Å². The first-order valence-electron chi connectivity index (χ1n) is 4.42. The second-order valence-electron chi connectivity index (χ2n) is 3.47. The Morgan fingerprint density at radius 3 is 2.92 bits per heavy atom. The largest absolute Gasteiger partial charge is 0.355 e. The molecule has 2 atom stereocenters. The summed E-state index contributed by atoms with van der Waals surface area (Å²) in [6.07, 6.45) is 3.33. The average Bonchev–Trinajstić information content (AvgIpc) is 2.49. The lowest BCUT2D eigenvalue weighted by molar-refractivity contribution is 0.666. The Balaban J connectivity index is 2.12. The van der Waals surface area contributed by atoms with E-state index in [2.05, 4.69) is 21.8 Å². The van der Waals surface area contributed by atoms with Crippen molar-refractivity contribution >= 4 is 17.4 Å². The number of rotatable bonds is 1. The van der Waals surface area contributed by atoms with Crippen LogP contribution in [0.15, 0.2) is 18.6 Å². The molecule has 2 unspecified atom stereocenters. The predicted molar refractivity (Wildman–Crippen MR) is 53.1 cm³/mol. The van der Waals surface area contributed by atoms with E-state index < -0.39 is 0 Å². The minimum absolute atomic E-state index is 0.245. The molecule has 3 nitrogen and oxygen atoms in total. The van der Waals surface area contributed by atoms with E-state index in [4.69, 9.17) is 11.6 Å².